The number of rotatable bonds is 7. The summed E-state index contributed by atoms with van der Waals surface area (Å²) in [4.78, 5) is 45.4. The Labute approximate surface area is 223 Å². The number of furan rings is 1. The van der Waals surface area contributed by atoms with E-state index >= 15 is 0 Å². The lowest BCUT2D eigenvalue weighted by Gasteiger charge is -2.24. The van der Waals surface area contributed by atoms with Crippen LogP contribution in [-0.2, 0) is 9.53 Å². The summed E-state index contributed by atoms with van der Waals surface area (Å²) in [5, 5.41) is 11.8. The summed E-state index contributed by atoms with van der Waals surface area (Å²) in [5.74, 6) is -2.77. The maximum absolute atomic E-state index is 13.7. The number of esters is 1. The number of aliphatic hydroxyl groups is 1. The minimum absolute atomic E-state index is 0.0106. The number of aromatic nitrogens is 1. The van der Waals surface area contributed by atoms with E-state index in [1.165, 1.54) is 11.0 Å². The second-order valence-electron chi connectivity index (χ2n) is 8.17. The highest BCUT2D eigenvalue weighted by atomic mass is 79.9. The minimum Gasteiger partial charge on any atom is -0.503 e. The van der Waals surface area contributed by atoms with Gasteiger partial charge in [-0.1, -0.05) is 70.3 Å². The molecule has 5 rings (SSSR count). The van der Waals surface area contributed by atoms with Crippen LogP contribution in [0.5, 0.6) is 0 Å². The predicted octanol–water partition coefficient (Wildman–Crippen LogP) is 6.09. The summed E-state index contributed by atoms with van der Waals surface area (Å²) in [7, 11) is 0. The fraction of sp³-hybridized carbons (Fsp3) is 0.111. The Morgan fingerprint density at radius 2 is 1.97 bits per heavy atom. The second kappa shape index (κ2) is 9.79. The molecule has 8 nitrogen and oxygen atoms in total. The van der Waals surface area contributed by atoms with Crippen molar-refractivity contribution < 1.29 is 28.6 Å². The number of para-hydroxylation sites is 1. The number of benzene rings is 2. The Bertz CT molecular complexity index is 1570. The molecule has 4 aromatic rings. The maximum Gasteiger partial charge on any atom is 0.350 e. The number of fused-ring (bicyclic) bond motifs is 1. The maximum atomic E-state index is 13.7. The van der Waals surface area contributed by atoms with E-state index in [1.54, 1.807) is 55.5 Å². The zero-order chi connectivity index (χ0) is 26.3. The molecule has 1 atom stereocenters. The number of hydrogen-bond acceptors (Lipinski definition) is 8. The zero-order valence-corrected chi connectivity index (χ0v) is 21.8. The first-order chi connectivity index (χ1) is 17.8. The van der Waals surface area contributed by atoms with Gasteiger partial charge in [-0.15, -0.1) is 0 Å². The van der Waals surface area contributed by atoms with E-state index in [9.17, 15) is 19.5 Å². The van der Waals surface area contributed by atoms with E-state index in [0.29, 0.717) is 22.2 Å². The molecule has 0 saturated carbocycles. The number of ether oxygens (including phenoxy) is 1. The highest BCUT2D eigenvalue weighted by Crippen LogP contribution is 2.44. The molecular formula is C27H19BrN2O6S. The monoisotopic (exact) mass is 578 g/mol. The molecule has 186 valence electrons. The normalized spacial score (nSPS) is 15.5. The molecule has 0 saturated heterocycles. The number of aryl methyl sites for hydroxylation is 1. The third-order valence-electron chi connectivity index (χ3n) is 5.80. The molecular weight excluding hydrogens is 560 g/mol. The van der Waals surface area contributed by atoms with Gasteiger partial charge in [0.05, 0.1) is 17.3 Å². The first-order valence-electron chi connectivity index (χ1n) is 11.1. The van der Waals surface area contributed by atoms with Crippen LogP contribution >= 0.6 is 27.3 Å². The Kier molecular flexibility index (Phi) is 6.53. The van der Waals surface area contributed by atoms with Crippen molar-refractivity contribution in [3.63, 3.8) is 0 Å². The molecule has 1 amide bonds. The van der Waals surface area contributed by atoms with Crippen LogP contribution in [-0.4, -0.2) is 34.4 Å². The highest BCUT2D eigenvalue weighted by Gasteiger charge is 2.47. The molecule has 0 aliphatic carbocycles. The molecule has 0 bridgehead atoms. The quantitative estimate of drug-likeness (QED) is 0.160. The van der Waals surface area contributed by atoms with Crippen LogP contribution in [0.4, 0.5) is 5.13 Å². The van der Waals surface area contributed by atoms with Crippen molar-refractivity contribution in [3.05, 3.63) is 105 Å². The Balaban J connectivity index is 1.61. The van der Waals surface area contributed by atoms with E-state index in [0.717, 1.165) is 15.8 Å². The van der Waals surface area contributed by atoms with Gasteiger partial charge in [0, 0.05) is 9.86 Å². The number of carbonyl (C=O) groups is 3. The van der Waals surface area contributed by atoms with Gasteiger partial charge < -0.3 is 14.3 Å². The first kappa shape index (κ1) is 24.7. The van der Waals surface area contributed by atoms with Crippen molar-refractivity contribution in [3.8, 4) is 0 Å². The average Bonchev–Trinajstić information content (AvgIpc) is 3.57. The number of hydrogen-bond donors (Lipinski definition) is 1. The van der Waals surface area contributed by atoms with E-state index in [-0.39, 0.29) is 27.9 Å². The summed E-state index contributed by atoms with van der Waals surface area (Å²) in [6.45, 7) is 5.17. The molecule has 0 fully saturated rings. The van der Waals surface area contributed by atoms with Gasteiger partial charge in [-0.05, 0) is 36.8 Å². The van der Waals surface area contributed by atoms with Crippen molar-refractivity contribution >= 4 is 61.0 Å². The highest BCUT2D eigenvalue weighted by molar-refractivity contribution is 9.10. The fourth-order valence-corrected chi connectivity index (χ4v) is 5.35. The van der Waals surface area contributed by atoms with E-state index in [2.05, 4.69) is 27.5 Å². The van der Waals surface area contributed by atoms with Crippen LogP contribution in [0.25, 0.3) is 11.0 Å². The third-order valence-corrected chi connectivity index (χ3v) is 7.46. The molecule has 1 aliphatic rings. The summed E-state index contributed by atoms with van der Waals surface area (Å²) < 4.78 is 11.7. The first-order valence-corrected chi connectivity index (χ1v) is 12.7. The molecule has 1 unspecified atom stereocenters. The van der Waals surface area contributed by atoms with Crippen LogP contribution in [0.2, 0.25) is 0 Å². The van der Waals surface area contributed by atoms with Gasteiger partial charge in [0.15, 0.2) is 16.7 Å². The van der Waals surface area contributed by atoms with Gasteiger partial charge >= 0.3 is 5.97 Å². The van der Waals surface area contributed by atoms with Crippen LogP contribution in [0.1, 0.15) is 37.5 Å². The Morgan fingerprint density at radius 1 is 1.24 bits per heavy atom. The van der Waals surface area contributed by atoms with Gasteiger partial charge in [-0.3, -0.25) is 14.5 Å². The fourth-order valence-electron chi connectivity index (χ4n) is 4.10. The number of thiazole rings is 1. The number of anilines is 1. The van der Waals surface area contributed by atoms with Crippen molar-refractivity contribution in [1.29, 1.82) is 0 Å². The summed E-state index contributed by atoms with van der Waals surface area (Å²) >= 11 is 4.33. The van der Waals surface area contributed by atoms with Gasteiger partial charge in [0.2, 0.25) is 5.78 Å². The van der Waals surface area contributed by atoms with E-state index in [4.69, 9.17) is 9.15 Å². The summed E-state index contributed by atoms with van der Waals surface area (Å²) in [6.07, 6.45) is 1.45. The molecule has 1 aliphatic heterocycles. The molecule has 10 heteroatoms. The smallest absolute Gasteiger partial charge is 0.350 e. The molecule has 3 heterocycles. The number of aliphatic hydroxyl groups excluding tert-OH is 1. The van der Waals surface area contributed by atoms with E-state index < -0.39 is 29.5 Å². The second-order valence-corrected chi connectivity index (χ2v) is 10.1. The lowest BCUT2D eigenvalue weighted by molar-refractivity contribution is -0.117. The van der Waals surface area contributed by atoms with Crippen LogP contribution < -0.4 is 4.90 Å². The zero-order valence-electron chi connectivity index (χ0n) is 19.4. The van der Waals surface area contributed by atoms with Crippen LogP contribution in [0.3, 0.4) is 0 Å². The SMILES string of the molecule is C=CCOC(=O)c1sc(N2C(=O)C(O)=C(C(=O)c3cc4ccccc4o3)C2c2ccc(Br)cc2)nc1C. The largest absolute Gasteiger partial charge is 0.503 e. The Morgan fingerprint density at radius 3 is 2.68 bits per heavy atom. The van der Waals surface area contributed by atoms with Crippen molar-refractivity contribution in [2.24, 2.45) is 0 Å². The van der Waals surface area contributed by atoms with E-state index in [1.807, 2.05) is 6.07 Å². The lowest BCUT2D eigenvalue weighted by Crippen LogP contribution is -2.31. The minimum atomic E-state index is -1.01. The number of carbonyl (C=O) groups excluding carboxylic acids is 3. The lowest BCUT2D eigenvalue weighted by atomic mass is 9.95. The Hall–Kier alpha value is -4.02. The molecule has 0 radical (unpaired) electrons. The molecule has 37 heavy (non-hydrogen) atoms. The van der Waals surface area contributed by atoms with Crippen molar-refractivity contribution in [2.75, 3.05) is 11.5 Å². The molecule has 1 N–H and O–H groups in total. The topological polar surface area (TPSA) is 110 Å². The molecule has 2 aromatic carbocycles. The number of nitrogens with zero attached hydrogens (tertiary/aromatic N) is 2. The third kappa shape index (κ3) is 4.38. The summed E-state index contributed by atoms with van der Waals surface area (Å²) in [5.41, 5.74) is 1.28. The van der Waals surface area contributed by atoms with Gasteiger partial charge in [-0.25, -0.2) is 9.78 Å². The van der Waals surface area contributed by atoms with Crippen molar-refractivity contribution in [1.82, 2.24) is 4.98 Å². The number of halogens is 1. The number of ketones is 1. The number of amides is 1. The van der Waals surface area contributed by atoms with Crippen LogP contribution in [0, 0.1) is 6.92 Å². The number of Topliss-reactive ketones (excluding diaryl/α,β-unsaturated/α-hetero) is 1. The van der Waals surface area contributed by atoms with Gasteiger partial charge in [0.25, 0.3) is 5.91 Å². The summed E-state index contributed by atoms with van der Waals surface area (Å²) in [6, 6.07) is 14.7. The van der Waals surface area contributed by atoms with Crippen molar-refractivity contribution in [2.45, 2.75) is 13.0 Å². The van der Waals surface area contributed by atoms with Gasteiger partial charge in [-0.2, -0.15) is 0 Å². The van der Waals surface area contributed by atoms with Gasteiger partial charge in [0.1, 0.15) is 17.1 Å². The van der Waals surface area contributed by atoms with Crippen LogP contribution in [0.15, 0.2) is 87.5 Å². The standard InChI is InChI=1S/C27H19BrN2O6S/c1-3-12-35-26(34)24-14(2)29-27(37-24)30-21(15-8-10-17(28)11-9-15)20(23(32)25(30)33)22(31)19-13-16-6-4-5-7-18(16)36-19/h3-11,13,21,32H,1,12H2,2H3. The molecule has 0 spiro atoms. The average molecular weight is 579 g/mol. The predicted molar refractivity (Wildman–Crippen MR) is 142 cm³/mol. The molecule has 2 aromatic heterocycles.